The number of amides is 1. The minimum Gasteiger partial charge on any atom is -0.393 e. The zero-order chi connectivity index (χ0) is 21.8. The molecule has 7 heteroatoms. The summed E-state index contributed by atoms with van der Waals surface area (Å²) in [6.45, 7) is 4.01. The Hall–Kier alpha value is -3.06. The van der Waals surface area contributed by atoms with Crippen LogP contribution in [0.15, 0.2) is 42.7 Å². The third kappa shape index (κ3) is 5.17. The summed E-state index contributed by atoms with van der Waals surface area (Å²) in [6, 6.07) is 9.67. The molecule has 3 aromatic rings. The molecule has 1 aliphatic carbocycles. The highest BCUT2D eigenvalue weighted by Gasteiger charge is 2.21. The maximum Gasteiger partial charge on any atom is 0.253 e. The molecule has 0 saturated heterocycles. The quantitative estimate of drug-likeness (QED) is 0.566. The number of carbonyl (C=O) groups is 1. The number of aliphatic hydroxyl groups is 1. The molecule has 3 N–H and O–H groups in total. The van der Waals surface area contributed by atoms with Crippen LogP contribution < -0.4 is 10.6 Å². The van der Waals surface area contributed by atoms with Gasteiger partial charge in [0.1, 0.15) is 0 Å². The van der Waals surface area contributed by atoms with Gasteiger partial charge in [-0.15, -0.1) is 0 Å². The molecule has 2 heterocycles. The molecule has 1 unspecified atom stereocenters. The Bertz CT molecular complexity index is 1060. The molecular formula is C24H29N5O2. The minimum absolute atomic E-state index is 0.0653. The summed E-state index contributed by atoms with van der Waals surface area (Å²) in [4.78, 5) is 26.5. The zero-order valence-corrected chi connectivity index (χ0v) is 18.0. The van der Waals surface area contributed by atoms with Crippen LogP contribution >= 0.6 is 0 Å². The number of para-hydroxylation sites is 1. The van der Waals surface area contributed by atoms with Gasteiger partial charge in [0, 0.05) is 42.0 Å². The maximum atomic E-state index is 13.0. The van der Waals surface area contributed by atoms with Crippen LogP contribution in [-0.2, 0) is 6.42 Å². The molecule has 4 rings (SSSR count). The van der Waals surface area contributed by atoms with Gasteiger partial charge in [0.25, 0.3) is 5.91 Å². The number of hydrogen-bond acceptors (Lipinski definition) is 6. The summed E-state index contributed by atoms with van der Waals surface area (Å²) in [7, 11) is 0. The summed E-state index contributed by atoms with van der Waals surface area (Å²) in [5, 5.41) is 17.0. The highest BCUT2D eigenvalue weighted by atomic mass is 16.3. The van der Waals surface area contributed by atoms with Gasteiger partial charge in [-0.3, -0.25) is 9.78 Å². The molecule has 1 saturated carbocycles. The highest BCUT2D eigenvalue weighted by Crippen LogP contribution is 2.23. The second-order valence-electron chi connectivity index (χ2n) is 8.43. The number of rotatable bonds is 6. The van der Waals surface area contributed by atoms with Crippen molar-refractivity contribution in [2.75, 3.05) is 5.32 Å². The van der Waals surface area contributed by atoms with Gasteiger partial charge in [-0.1, -0.05) is 18.2 Å². The lowest BCUT2D eigenvalue weighted by Gasteiger charge is -2.26. The van der Waals surface area contributed by atoms with Crippen LogP contribution in [0.1, 0.15) is 54.2 Å². The standard InChI is InChI=1S/C24H29N5O2/c1-15-5-4-12-25-21(15)13-16(2)27-23(31)20-7-3-6-17-14-26-24(29-22(17)20)28-18-8-10-19(30)11-9-18/h3-7,12,14,16,18-19,30H,8-11,13H2,1-2H3,(H,27,31)(H,26,28,29). The third-order valence-corrected chi connectivity index (χ3v) is 5.88. The lowest BCUT2D eigenvalue weighted by atomic mass is 9.93. The summed E-state index contributed by atoms with van der Waals surface area (Å²) >= 11 is 0. The van der Waals surface area contributed by atoms with Gasteiger partial charge in [0.05, 0.1) is 17.2 Å². The first kappa shape index (κ1) is 21.2. The number of anilines is 1. The number of benzene rings is 1. The van der Waals surface area contributed by atoms with E-state index in [2.05, 4.69) is 25.6 Å². The lowest BCUT2D eigenvalue weighted by Crippen LogP contribution is -2.34. The molecule has 1 amide bonds. The van der Waals surface area contributed by atoms with E-state index in [0.717, 1.165) is 42.3 Å². The summed E-state index contributed by atoms with van der Waals surface area (Å²) in [6.07, 6.45) is 7.32. The molecule has 1 aliphatic rings. The number of fused-ring (bicyclic) bond motifs is 1. The Balaban J connectivity index is 1.49. The first-order valence-electron chi connectivity index (χ1n) is 10.9. The number of carbonyl (C=O) groups excluding carboxylic acids is 1. The summed E-state index contributed by atoms with van der Waals surface area (Å²) < 4.78 is 0. The van der Waals surface area contributed by atoms with Gasteiger partial charge in [-0.05, 0) is 57.2 Å². The Morgan fingerprint density at radius 2 is 1.97 bits per heavy atom. The Morgan fingerprint density at radius 1 is 1.16 bits per heavy atom. The van der Waals surface area contributed by atoms with Crippen molar-refractivity contribution < 1.29 is 9.90 Å². The summed E-state index contributed by atoms with van der Waals surface area (Å²) in [5.74, 6) is 0.364. The molecule has 7 nitrogen and oxygen atoms in total. The van der Waals surface area contributed by atoms with Crippen LogP contribution in [0.2, 0.25) is 0 Å². The predicted molar refractivity (Wildman–Crippen MR) is 121 cm³/mol. The van der Waals surface area contributed by atoms with Crippen molar-refractivity contribution in [2.45, 2.75) is 64.1 Å². The van der Waals surface area contributed by atoms with E-state index in [0.29, 0.717) is 23.4 Å². The first-order valence-corrected chi connectivity index (χ1v) is 10.9. The number of pyridine rings is 1. The van der Waals surface area contributed by atoms with Crippen molar-refractivity contribution in [3.63, 3.8) is 0 Å². The number of nitrogens with one attached hydrogen (secondary N) is 2. The van der Waals surface area contributed by atoms with Gasteiger partial charge in [0.15, 0.2) is 0 Å². The minimum atomic E-state index is -0.206. The third-order valence-electron chi connectivity index (χ3n) is 5.88. The average Bonchev–Trinajstić information content (AvgIpc) is 2.76. The van der Waals surface area contributed by atoms with Crippen molar-refractivity contribution in [3.8, 4) is 0 Å². The molecule has 1 fully saturated rings. The molecule has 1 aromatic carbocycles. The molecule has 0 radical (unpaired) electrons. The van der Waals surface area contributed by atoms with Crippen LogP contribution in [0.5, 0.6) is 0 Å². The fourth-order valence-electron chi connectivity index (χ4n) is 4.09. The number of aromatic nitrogens is 3. The fraction of sp³-hybridized carbons (Fsp3) is 0.417. The fourth-order valence-corrected chi connectivity index (χ4v) is 4.09. The topological polar surface area (TPSA) is 100 Å². The van der Waals surface area contributed by atoms with E-state index in [1.807, 2.05) is 38.1 Å². The smallest absolute Gasteiger partial charge is 0.253 e. The molecule has 31 heavy (non-hydrogen) atoms. The maximum absolute atomic E-state index is 13.0. The Labute approximate surface area is 182 Å². The summed E-state index contributed by atoms with van der Waals surface area (Å²) in [5.41, 5.74) is 3.27. The number of aryl methyl sites for hydroxylation is 1. The molecule has 0 spiro atoms. The van der Waals surface area contributed by atoms with Crippen LogP contribution in [0.25, 0.3) is 10.9 Å². The van der Waals surface area contributed by atoms with E-state index < -0.39 is 0 Å². The van der Waals surface area contributed by atoms with Crippen LogP contribution in [0.3, 0.4) is 0 Å². The van der Waals surface area contributed by atoms with Crippen molar-refractivity contribution in [1.29, 1.82) is 0 Å². The molecule has 162 valence electrons. The zero-order valence-electron chi connectivity index (χ0n) is 18.0. The number of aliphatic hydroxyl groups excluding tert-OH is 1. The molecule has 1 atom stereocenters. The normalized spacial score (nSPS) is 19.7. The Morgan fingerprint density at radius 3 is 2.74 bits per heavy atom. The number of nitrogens with zero attached hydrogens (tertiary/aromatic N) is 3. The van der Waals surface area contributed by atoms with Gasteiger partial charge in [0.2, 0.25) is 5.95 Å². The number of hydrogen-bond donors (Lipinski definition) is 3. The van der Waals surface area contributed by atoms with E-state index >= 15 is 0 Å². The van der Waals surface area contributed by atoms with Gasteiger partial charge >= 0.3 is 0 Å². The lowest BCUT2D eigenvalue weighted by molar-refractivity contribution is 0.0941. The second kappa shape index (κ2) is 9.39. The van der Waals surface area contributed by atoms with E-state index in [1.165, 1.54) is 0 Å². The molecule has 0 bridgehead atoms. The van der Waals surface area contributed by atoms with Gasteiger partial charge in [-0.25, -0.2) is 9.97 Å². The molecule has 2 aromatic heterocycles. The second-order valence-corrected chi connectivity index (χ2v) is 8.43. The predicted octanol–water partition coefficient (Wildman–Crippen LogP) is 3.41. The van der Waals surface area contributed by atoms with Crippen molar-refractivity contribution >= 4 is 22.8 Å². The van der Waals surface area contributed by atoms with Crippen LogP contribution in [-0.4, -0.2) is 44.2 Å². The largest absolute Gasteiger partial charge is 0.393 e. The van der Waals surface area contributed by atoms with Gasteiger partial charge < -0.3 is 15.7 Å². The van der Waals surface area contributed by atoms with E-state index in [4.69, 9.17) is 0 Å². The first-order chi connectivity index (χ1) is 15.0. The SMILES string of the molecule is Cc1cccnc1CC(C)NC(=O)c1cccc2cnc(NC3CCC(O)CC3)nc12. The van der Waals surface area contributed by atoms with Crippen LogP contribution in [0, 0.1) is 6.92 Å². The van der Waals surface area contributed by atoms with Crippen molar-refractivity contribution in [3.05, 3.63) is 59.5 Å². The van der Waals surface area contributed by atoms with E-state index in [9.17, 15) is 9.90 Å². The Kier molecular flexibility index (Phi) is 6.42. The highest BCUT2D eigenvalue weighted by molar-refractivity contribution is 6.05. The van der Waals surface area contributed by atoms with Gasteiger partial charge in [-0.2, -0.15) is 0 Å². The monoisotopic (exact) mass is 419 g/mol. The van der Waals surface area contributed by atoms with Crippen molar-refractivity contribution in [2.24, 2.45) is 0 Å². The average molecular weight is 420 g/mol. The molecular weight excluding hydrogens is 390 g/mol. The van der Waals surface area contributed by atoms with E-state index in [1.54, 1.807) is 18.5 Å². The van der Waals surface area contributed by atoms with E-state index in [-0.39, 0.29) is 24.1 Å². The molecule has 0 aliphatic heterocycles. The van der Waals surface area contributed by atoms with Crippen molar-refractivity contribution in [1.82, 2.24) is 20.3 Å². The van der Waals surface area contributed by atoms with Crippen LogP contribution in [0.4, 0.5) is 5.95 Å².